The van der Waals surface area contributed by atoms with E-state index in [4.69, 9.17) is 15.0 Å². The molecule has 0 aliphatic heterocycles. The lowest BCUT2D eigenvalue weighted by Crippen LogP contribution is -2.49. The van der Waals surface area contributed by atoms with Gasteiger partial charge in [-0.25, -0.2) is 0 Å². The highest BCUT2D eigenvalue weighted by Gasteiger charge is 2.23. The molecule has 0 saturated heterocycles. The fraction of sp³-hybridized carbons (Fsp3) is 0.966. The third-order valence-corrected chi connectivity index (χ3v) is 7.26. The van der Waals surface area contributed by atoms with Gasteiger partial charge in [-0.1, -0.05) is 80.1 Å². The summed E-state index contributed by atoms with van der Waals surface area (Å²) >= 11 is 0. The number of hydrogen-bond acceptors (Lipinski definition) is 3. The molecule has 0 amide bonds. The highest BCUT2D eigenvalue weighted by atomic mass is 16.6. The predicted octanol–water partition coefficient (Wildman–Crippen LogP) is 6.00. The van der Waals surface area contributed by atoms with Gasteiger partial charge in [-0.2, -0.15) is 0 Å². The summed E-state index contributed by atoms with van der Waals surface area (Å²) in [4.78, 5) is 8.33. The van der Waals surface area contributed by atoms with Crippen LogP contribution >= 0.6 is 0 Å². The zero-order valence-electron chi connectivity index (χ0n) is 24.8. The normalized spacial score (nSPS) is 11.3. The number of carboxylic acid groups (broad SMARTS) is 2. The first-order chi connectivity index (χ1) is 16.2. The first-order valence-electron chi connectivity index (χ1n) is 14.8. The zero-order chi connectivity index (χ0) is 26.7. The maximum Gasteiger partial charge on any atom is 0.0786 e. The third kappa shape index (κ3) is 23.0. The molecule has 0 N–H and O–H groups in total. The van der Waals surface area contributed by atoms with Crippen LogP contribution in [0.15, 0.2) is 0 Å². The molecular formula is C29H64N2O3. The largest absolute Gasteiger partial charge is 0.652 e. The molecule has 0 aromatic rings. The molecule has 0 aromatic heterocycles. The van der Waals surface area contributed by atoms with Crippen LogP contribution in [0.4, 0.5) is 4.79 Å². The van der Waals surface area contributed by atoms with Crippen molar-refractivity contribution in [3.05, 3.63) is 0 Å². The topological polar surface area (TPSA) is 63.2 Å². The Bertz CT molecular complexity index is 337. The molecule has 0 rings (SSSR count). The summed E-state index contributed by atoms with van der Waals surface area (Å²) in [5.41, 5.74) is 0. The Morgan fingerprint density at radius 1 is 0.441 bits per heavy atom. The third-order valence-electron chi connectivity index (χ3n) is 7.26. The van der Waals surface area contributed by atoms with E-state index >= 15 is 0 Å². The molecule has 0 aliphatic rings. The van der Waals surface area contributed by atoms with Crippen molar-refractivity contribution in [1.82, 2.24) is 0 Å². The number of nitrogens with zero attached hydrogens (tertiary/aromatic N) is 2. The van der Waals surface area contributed by atoms with Crippen molar-refractivity contribution in [3.8, 4) is 0 Å². The van der Waals surface area contributed by atoms with E-state index in [9.17, 15) is 0 Å². The van der Waals surface area contributed by atoms with Crippen LogP contribution in [0.2, 0.25) is 0 Å². The van der Waals surface area contributed by atoms with Gasteiger partial charge in [0, 0.05) is 0 Å². The Morgan fingerprint density at radius 2 is 0.588 bits per heavy atom. The van der Waals surface area contributed by atoms with E-state index in [0.29, 0.717) is 0 Å². The van der Waals surface area contributed by atoms with Crippen molar-refractivity contribution in [2.45, 2.75) is 132 Å². The lowest BCUT2D eigenvalue weighted by atomic mass is 10.1. The quantitative estimate of drug-likeness (QED) is 0.197. The van der Waals surface area contributed by atoms with Crippen LogP contribution in [0.25, 0.3) is 0 Å². The molecule has 5 heteroatoms. The van der Waals surface area contributed by atoms with Crippen molar-refractivity contribution in [3.63, 3.8) is 0 Å². The predicted molar refractivity (Wildman–Crippen MR) is 146 cm³/mol. The molecular weight excluding hydrogens is 424 g/mol. The number of carbonyl (C=O) groups excluding carboxylic acids is 1. The number of quaternary nitrogens is 2. The van der Waals surface area contributed by atoms with E-state index in [-0.39, 0.29) is 0 Å². The average molecular weight is 489 g/mol. The molecule has 0 spiro atoms. The Balaban J connectivity index is -0.000000488. The van der Waals surface area contributed by atoms with Gasteiger partial charge in [-0.3, -0.25) is 0 Å². The Morgan fingerprint density at radius 3 is 0.676 bits per heavy atom. The van der Waals surface area contributed by atoms with Crippen LogP contribution in [0.1, 0.15) is 132 Å². The Hall–Kier alpha value is -0.810. The molecule has 0 unspecified atom stereocenters. The Labute approximate surface area is 215 Å². The minimum absolute atomic E-state index is 1.33. The first kappa shape index (κ1) is 37.7. The number of rotatable bonds is 20. The molecule has 208 valence electrons. The van der Waals surface area contributed by atoms with Crippen LogP contribution in [-0.4, -0.2) is 67.5 Å². The van der Waals surface area contributed by atoms with Crippen molar-refractivity contribution < 1.29 is 24.0 Å². The summed E-state index contributed by atoms with van der Waals surface area (Å²) in [5, 5.41) is 16.7. The van der Waals surface area contributed by atoms with Gasteiger partial charge in [-0.15, -0.1) is 0 Å². The van der Waals surface area contributed by atoms with E-state index < -0.39 is 6.16 Å². The fourth-order valence-electron chi connectivity index (χ4n) is 4.58. The summed E-state index contributed by atoms with van der Waals surface area (Å²) in [6.45, 7) is 29.7. The van der Waals surface area contributed by atoms with Crippen molar-refractivity contribution >= 4 is 6.16 Å². The van der Waals surface area contributed by atoms with Gasteiger partial charge in [0.1, 0.15) is 0 Å². The second kappa shape index (κ2) is 26.8. The molecule has 0 aromatic carbocycles. The van der Waals surface area contributed by atoms with Crippen LogP contribution in [-0.2, 0) is 0 Å². The number of carbonyl (C=O) groups is 1. The molecule has 34 heavy (non-hydrogen) atoms. The summed E-state index contributed by atoms with van der Waals surface area (Å²) in [6.07, 6.45) is 14.2. The molecule has 0 radical (unpaired) electrons. The maximum absolute atomic E-state index is 8.33. The van der Waals surface area contributed by atoms with E-state index in [0.717, 1.165) is 0 Å². The second-order valence-corrected chi connectivity index (χ2v) is 10.0. The molecule has 5 nitrogen and oxygen atoms in total. The van der Waals surface area contributed by atoms with Gasteiger partial charge in [0.15, 0.2) is 0 Å². The van der Waals surface area contributed by atoms with Gasteiger partial charge in [-0.05, 0) is 58.5 Å². The lowest BCUT2D eigenvalue weighted by molar-refractivity contribution is -0.927. The smallest absolute Gasteiger partial charge is 0.0786 e. The van der Waals surface area contributed by atoms with Gasteiger partial charge >= 0.3 is 0 Å². The Kier molecular flexibility index (Phi) is 29.7. The number of hydrogen-bond donors (Lipinski definition) is 0. The van der Waals surface area contributed by atoms with Crippen LogP contribution in [0.5, 0.6) is 0 Å². The van der Waals surface area contributed by atoms with Crippen LogP contribution < -0.4 is 10.2 Å². The minimum atomic E-state index is -2.33. The minimum Gasteiger partial charge on any atom is -0.652 e. The lowest BCUT2D eigenvalue weighted by Gasteiger charge is -2.38. The van der Waals surface area contributed by atoms with Gasteiger partial charge in [0.25, 0.3) is 0 Å². The second-order valence-electron chi connectivity index (χ2n) is 10.0. The van der Waals surface area contributed by atoms with E-state index in [2.05, 4.69) is 55.4 Å². The standard InChI is InChI=1S/2C14H32N.CH2O3/c2*1-5-9-12-15(8-4,13-10-6-2)14-11-7-3;2-1(3)4/h2*5-14H2,1-4H3;(H2,2,3,4)/q2*+1;/p-2. The highest BCUT2D eigenvalue weighted by Crippen LogP contribution is 2.15. The molecule has 0 atom stereocenters. The summed E-state index contributed by atoms with van der Waals surface area (Å²) in [5.74, 6) is 0. The summed E-state index contributed by atoms with van der Waals surface area (Å²) < 4.78 is 2.77. The molecule has 0 saturated carbocycles. The van der Waals surface area contributed by atoms with Gasteiger partial charge in [0.2, 0.25) is 0 Å². The van der Waals surface area contributed by atoms with E-state index in [1.54, 1.807) is 0 Å². The fourth-order valence-corrected chi connectivity index (χ4v) is 4.58. The monoisotopic (exact) mass is 488 g/mol. The number of unbranched alkanes of at least 4 members (excludes halogenated alkanes) is 6. The van der Waals surface area contributed by atoms with Gasteiger partial charge < -0.3 is 24.0 Å². The summed E-state index contributed by atoms with van der Waals surface area (Å²) in [6, 6.07) is 0. The SMILES string of the molecule is CCCC[N+](CC)(CCCC)CCCC.CCCC[N+](CC)(CCCC)CCCC.O=C([O-])[O-]. The van der Waals surface area contributed by atoms with Crippen molar-refractivity contribution in [2.24, 2.45) is 0 Å². The first-order valence-corrected chi connectivity index (χ1v) is 14.8. The van der Waals surface area contributed by atoms with E-state index in [1.165, 1.54) is 138 Å². The molecule has 0 bridgehead atoms. The van der Waals surface area contributed by atoms with Crippen molar-refractivity contribution in [2.75, 3.05) is 52.4 Å². The maximum atomic E-state index is 8.33. The molecule has 0 aliphatic carbocycles. The van der Waals surface area contributed by atoms with Crippen LogP contribution in [0.3, 0.4) is 0 Å². The highest BCUT2D eigenvalue weighted by molar-refractivity contribution is 5.47. The average Bonchev–Trinajstić information content (AvgIpc) is 2.84. The zero-order valence-corrected chi connectivity index (χ0v) is 24.8. The van der Waals surface area contributed by atoms with Crippen LogP contribution in [0, 0.1) is 0 Å². The van der Waals surface area contributed by atoms with E-state index in [1.807, 2.05) is 0 Å². The summed E-state index contributed by atoms with van der Waals surface area (Å²) in [7, 11) is 0. The molecule has 0 heterocycles. The van der Waals surface area contributed by atoms with Gasteiger partial charge in [0.05, 0.1) is 52.4 Å². The molecule has 0 fully saturated rings. The van der Waals surface area contributed by atoms with Crippen molar-refractivity contribution in [1.29, 1.82) is 0 Å².